The molecular formula is C26H23ClN2O5. The highest BCUT2D eigenvalue weighted by molar-refractivity contribution is 6.33. The Balaban J connectivity index is 1.44. The molecule has 1 atom stereocenters. The number of alkyl carbamates (subject to hydrolysis) is 1. The normalized spacial score (nSPS) is 12.9. The summed E-state index contributed by atoms with van der Waals surface area (Å²) < 4.78 is 5.45. The van der Waals surface area contributed by atoms with Crippen molar-refractivity contribution in [3.05, 3.63) is 88.4 Å². The summed E-state index contributed by atoms with van der Waals surface area (Å²) in [5, 5.41) is 14.5. The van der Waals surface area contributed by atoms with E-state index in [0.717, 1.165) is 27.8 Å². The number of fused-ring (bicyclic) bond motifs is 3. The van der Waals surface area contributed by atoms with Gasteiger partial charge >= 0.3 is 12.1 Å². The molecule has 1 unspecified atom stereocenters. The summed E-state index contributed by atoms with van der Waals surface area (Å²) in [6.07, 6.45) is -1.49. The minimum Gasteiger partial charge on any atom is -0.481 e. The van der Waals surface area contributed by atoms with Crippen LogP contribution < -0.4 is 10.6 Å². The number of nitrogens with one attached hydrogen (secondary N) is 2. The Labute approximate surface area is 201 Å². The summed E-state index contributed by atoms with van der Waals surface area (Å²) in [7, 11) is 0. The minimum absolute atomic E-state index is 0.0466. The second-order valence-corrected chi connectivity index (χ2v) is 8.50. The van der Waals surface area contributed by atoms with Gasteiger partial charge < -0.3 is 20.5 Å². The topological polar surface area (TPSA) is 105 Å². The van der Waals surface area contributed by atoms with Crippen molar-refractivity contribution in [3.63, 3.8) is 0 Å². The molecule has 4 rings (SSSR count). The maximum absolute atomic E-state index is 12.7. The Bertz CT molecular complexity index is 1210. The molecule has 0 fully saturated rings. The van der Waals surface area contributed by atoms with Crippen LogP contribution in [0.25, 0.3) is 11.1 Å². The molecule has 1 aliphatic carbocycles. The van der Waals surface area contributed by atoms with E-state index in [1.165, 1.54) is 0 Å². The fourth-order valence-corrected chi connectivity index (χ4v) is 4.29. The van der Waals surface area contributed by atoms with Gasteiger partial charge in [-0.3, -0.25) is 9.59 Å². The van der Waals surface area contributed by atoms with Crippen molar-refractivity contribution in [2.75, 3.05) is 11.9 Å². The smallest absolute Gasteiger partial charge is 0.407 e. The van der Waals surface area contributed by atoms with Gasteiger partial charge in [-0.1, -0.05) is 66.2 Å². The molecule has 7 nitrogen and oxygen atoms in total. The van der Waals surface area contributed by atoms with E-state index in [2.05, 4.69) is 10.6 Å². The number of amides is 2. The standard InChI is InChI=1S/C26H23ClN2O5/c1-15-10-11-21(27)22(12-15)28-25(32)23(13-24(30)31)29-26(33)34-14-20-18-8-4-2-6-16(18)17-7-3-5-9-19(17)20/h2-12,20,23H,13-14H2,1H3,(H,28,32)(H,29,33)(H,30,31). The van der Waals surface area contributed by atoms with Crippen LogP contribution in [0.1, 0.15) is 29.0 Å². The summed E-state index contributed by atoms with van der Waals surface area (Å²) in [6, 6.07) is 19.5. The van der Waals surface area contributed by atoms with E-state index >= 15 is 0 Å². The van der Waals surface area contributed by atoms with E-state index in [-0.39, 0.29) is 12.5 Å². The van der Waals surface area contributed by atoms with Crippen LogP contribution >= 0.6 is 11.6 Å². The van der Waals surface area contributed by atoms with Gasteiger partial charge in [-0.2, -0.15) is 0 Å². The molecule has 174 valence electrons. The summed E-state index contributed by atoms with van der Waals surface area (Å²) in [6.45, 7) is 1.88. The van der Waals surface area contributed by atoms with Crippen LogP contribution in [0, 0.1) is 6.92 Å². The van der Waals surface area contributed by atoms with E-state index in [1.54, 1.807) is 18.2 Å². The number of hydrogen-bond donors (Lipinski definition) is 3. The lowest BCUT2D eigenvalue weighted by molar-refractivity contribution is -0.139. The van der Waals surface area contributed by atoms with Gasteiger partial charge in [0.2, 0.25) is 5.91 Å². The van der Waals surface area contributed by atoms with Crippen LogP contribution in [-0.4, -0.2) is 35.7 Å². The van der Waals surface area contributed by atoms with Crippen molar-refractivity contribution in [2.24, 2.45) is 0 Å². The van der Waals surface area contributed by atoms with E-state index in [9.17, 15) is 19.5 Å². The van der Waals surface area contributed by atoms with Gasteiger partial charge in [-0.05, 0) is 46.9 Å². The molecule has 0 spiro atoms. The molecule has 0 bridgehead atoms. The number of carbonyl (C=O) groups excluding carboxylic acids is 2. The van der Waals surface area contributed by atoms with Crippen LogP contribution in [0.15, 0.2) is 66.7 Å². The first-order valence-corrected chi connectivity index (χ1v) is 11.1. The average Bonchev–Trinajstić information content (AvgIpc) is 3.13. The number of aryl methyl sites for hydroxylation is 1. The van der Waals surface area contributed by atoms with E-state index in [0.29, 0.717) is 10.7 Å². The van der Waals surface area contributed by atoms with Gasteiger partial charge in [0.25, 0.3) is 0 Å². The van der Waals surface area contributed by atoms with Crippen molar-refractivity contribution in [2.45, 2.75) is 25.3 Å². The van der Waals surface area contributed by atoms with Crippen LogP contribution in [0.4, 0.5) is 10.5 Å². The molecular weight excluding hydrogens is 456 g/mol. The zero-order valence-electron chi connectivity index (χ0n) is 18.4. The maximum Gasteiger partial charge on any atom is 0.407 e. The largest absolute Gasteiger partial charge is 0.481 e. The predicted molar refractivity (Wildman–Crippen MR) is 129 cm³/mol. The Morgan fingerprint density at radius 1 is 1.00 bits per heavy atom. The highest BCUT2D eigenvalue weighted by Gasteiger charge is 2.30. The number of aliphatic carboxylic acids is 1. The van der Waals surface area contributed by atoms with E-state index in [1.807, 2.05) is 55.5 Å². The third kappa shape index (κ3) is 5.05. The van der Waals surface area contributed by atoms with Crippen LogP contribution in [-0.2, 0) is 14.3 Å². The number of carboxylic acid groups (broad SMARTS) is 1. The fourth-order valence-electron chi connectivity index (χ4n) is 4.12. The van der Waals surface area contributed by atoms with Crippen molar-refractivity contribution in [3.8, 4) is 11.1 Å². The lowest BCUT2D eigenvalue weighted by Gasteiger charge is -2.19. The Kier molecular flexibility index (Phi) is 6.84. The van der Waals surface area contributed by atoms with Crippen molar-refractivity contribution in [1.29, 1.82) is 0 Å². The Hall–Kier alpha value is -3.84. The van der Waals surface area contributed by atoms with Crippen molar-refractivity contribution >= 4 is 35.3 Å². The number of hydrogen-bond acceptors (Lipinski definition) is 4. The molecule has 0 saturated heterocycles. The molecule has 1 aliphatic rings. The summed E-state index contributed by atoms with van der Waals surface area (Å²) in [5.74, 6) is -2.10. The second-order valence-electron chi connectivity index (χ2n) is 8.09. The lowest BCUT2D eigenvalue weighted by Crippen LogP contribution is -2.45. The second kappa shape index (κ2) is 9.97. The molecule has 0 saturated carbocycles. The summed E-state index contributed by atoms with van der Waals surface area (Å²) in [5.41, 5.74) is 5.46. The molecule has 0 aromatic heterocycles. The maximum atomic E-state index is 12.7. The van der Waals surface area contributed by atoms with Gasteiger partial charge in [-0.25, -0.2) is 4.79 Å². The molecule has 0 heterocycles. The third-order valence-electron chi connectivity index (χ3n) is 5.71. The van der Waals surface area contributed by atoms with Gasteiger partial charge in [0.05, 0.1) is 17.1 Å². The first-order chi connectivity index (χ1) is 16.3. The van der Waals surface area contributed by atoms with Crippen LogP contribution in [0.3, 0.4) is 0 Å². The van der Waals surface area contributed by atoms with Crippen molar-refractivity contribution < 1.29 is 24.2 Å². The van der Waals surface area contributed by atoms with Crippen LogP contribution in [0.5, 0.6) is 0 Å². The number of carbonyl (C=O) groups is 3. The Morgan fingerprint density at radius 3 is 2.24 bits per heavy atom. The zero-order chi connectivity index (χ0) is 24.2. The molecule has 0 aliphatic heterocycles. The highest BCUT2D eigenvalue weighted by atomic mass is 35.5. The number of carboxylic acids is 1. The van der Waals surface area contributed by atoms with Crippen molar-refractivity contribution in [1.82, 2.24) is 5.32 Å². The molecule has 34 heavy (non-hydrogen) atoms. The number of benzene rings is 3. The molecule has 3 aromatic rings. The van der Waals surface area contributed by atoms with Gasteiger partial charge in [0.1, 0.15) is 12.6 Å². The fraction of sp³-hybridized carbons (Fsp3) is 0.192. The average molecular weight is 479 g/mol. The minimum atomic E-state index is -1.34. The quantitative estimate of drug-likeness (QED) is 0.444. The molecule has 3 N–H and O–H groups in total. The van der Waals surface area contributed by atoms with Crippen LogP contribution in [0.2, 0.25) is 5.02 Å². The first kappa shape index (κ1) is 23.3. The molecule has 2 amide bonds. The van der Waals surface area contributed by atoms with E-state index in [4.69, 9.17) is 16.3 Å². The summed E-state index contributed by atoms with van der Waals surface area (Å²) in [4.78, 5) is 36.6. The SMILES string of the molecule is Cc1ccc(Cl)c(NC(=O)C(CC(=O)O)NC(=O)OCC2c3ccccc3-c3ccccc32)c1. The summed E-state index contributed by atoms with van der Waals surface area (Å²) >= 11 is 6.12. The lowest BCUT2D eigenvalue weighted by atomic mass is 9.98. The predicted octanol–water partition coefficient (Wildman–Crippen LogP) is 4.97. The molecule has 8 heteroatoms. The number of anilines is 1. The first-order valence-electron chi connectivity index (χ1n) is 10.7. The van der Waals surface area contributed by atoms with Gasteiger partial charge in [-0.15, -0.1) is 0 Å². The zero-order valence-corrected chi connectivity index (χ0v) is 19.1. The highest BCUT2D eigenvalue weighted by Crippen LogP contribution is 2.44. The van der Waals surface area contributed by atoms with Gasteiger partial charge in [0.15, 0.2) is 0 Å². The monoisotopic (exact) mass is 478 g/mol. The number of ether oxygens (including phenoxy) is 1. The van der Waals surface area contributed by atoms with E-state index < -0.39 is 30.4 Å². The molecule has 3 aromatic carbocycles. The number of rotatable bonds is 7. The molecule has 0 radical (unpaired) electrons. The van der Waals surface area contributed by atoms with Gasteiger partial charge in [0, 0.05) is 5.92 Å². The number of halogens is 1. The Morgan fingerprint density at radius 2 is 1.62 bits per heavy atom. The third-order valence-corrected chi connectivity index (χ3v) is 6.04.